The summed E-state index contributed by atoms with van der Waals surface area (Å²) >= 11 is 0. The Hall–Kier alpha value is -1.83. The minimum atomic E-state index is -5.66. The lowest BCUT2D eigenvalue weighted by Gasteiger charge is -2.19. The number of phosphoric ester groups is 1. The van der Waals surface area contributed by atoms with Crippen LogP contribution in [0.25, 0.3) is 0 Å². The number of phosphoric acid groups is 3. The number of ether oxygens (including phenoxy) is 1. The zero-order valence-electron chi connectivity index (χ0n) is 22.6. The molecule has 0 bridgehead atoms. The maximum Gasteiger partial charge on any atom is 0.490 e. The van der Waals surface area contributed by atoms with Crippen molar-refractivity contribution in [3.63, 3.8) is 0 Å². The van der Waals surface area contributed by atoms with Crippen molar-refractivity contribution in [2.24, 2.45) is 0 Å². The summed E-state index contributed by atoms with van der Waals surface area (Å²) in [5.74, 6) is 6.34. The minimum absolute atomic E-state index is 0.0733. The summed E-state index contributed by atoms with van der Waals surface area (Å²) in [6.07, 6.45) is 9.50. The molecule has 0 radical (unpaired) electrons. The van der Waals surface area contributed by atoms with Gasteiger partial charge in [0.05, 0.1) is 25.4 Å². The predicted molar refractivity (Wildman–Crippen MR) is 162 cm³/mol. The van der Waals surface area contributed by atoms with E-state index in [2.05, 4.69) is 35.3 Å². The number of amides is 1. The number of carbonyl (C=O) groups is 1. The van der Waals surface area contributed by atoms with Crippen LogP contribution in [0.1, 0.15) is 12.8 Å². The average molecular weight is 711 g/mol. The summed E-state index contributed by atoms with van der Waals surface area (Å²) in [5, 5.41) is 14.0. The second kappa shape index (κ2) is 17.2. The Morgan fingerprint density at radius 1 is 1.09 bits per heavy atom. The maximum atomic E-state index is 12.1. The molecule has 2 aliphatic rings. The van der Waals surface area contributed by atoms with Crippen molar-refractivity contribution in [1.82, 2.24) is 10.3 Å². The van der Waals surface area contributed by atoms with Crippen molar-refractivity contribution < 1.29 is 61.1 Å². The number of hydrogen-bond donors (Lipinski definition) is 6. The van der Waals surface area contributed by atoms with Crippen LogP contribution in [0.5, 0.6) is 0 Å². The Labute approximate surface area is 260 Å². The smallest absolute Gasteiger partial charge is 0.390 e. The van der Waals surface area contributed by atoms with Crippen molar-refractivity contribution in [3.05, 3.63) is 72.0 Å². The van der Waals surface area contributed by atoms with Gasteiger partial charge in [-0.25, -0.2) is 18.7 Å². The van der Waals surface area contributed by atoms with Crippen LogP contribution in [0.15, 0.2) is 77.0 Å². The van der Waals surface area contributed by atoms with Gasteiger partial charge in [0.15, 0.2) is 0 Å². The van der Waals surface area contributed by atoms with E-state index in [-0.39, 0.29) is 18.9 Å². The molecule has 20 heteroatoms. The fourth-order valence-corrected chi connectivity index (χ4v) is 8.39. The fourth-order valence-electron chi connectivity index (χ4n) is 3.50. The van der Waals surface area contributed by atoms with Gasteiger partial charge in [-0.15, -0.1) is 0 Å². The lowest BCUT2D eigenvalue weighted by molar-refractivity contribution is -0.120. The largest absolute Gasteiger partial charge is 0.490 e. The quantitative estimate of drug-likeness (QED) is 0.0705. The summed E-state index contributed by atoms with van der Waals surface area (Å²) in [7, 11) is -13.5. The van der Waals surface area contributed by atoms with Crippen molar-refractivity contribution in [1.29, 1.82) is 0 Å². The van der Waals surface area contributed by atoms with Crippen LogP contribution in [-0.4, -0.2) is 72.8 Å². The number of carbonyl (C=O) groups excluding carboxylic acids is 1. The van der Waals surface area contributed by atoms with Gasteiger partial charge in [-0.05, 0) is 40.7 Å². The van der Waals surface area contributed by atoms with Crippen LogP contribution in [0.4, 0.5) is 0 Å². The molecule has 1 aliphatic carbocycles. The van der Waals surface area contributed by atoms with Gasteiger partial charge in [0.1, 0.15) is 11.1 Å². The molecule has 0 saturated carbocycles. The van der Waals surface area contributed by atoms with Gasteiger partial charge in [0.2, 0.25) is 5.91 Å². The zero-order chi connectivity index (χ0) is 32.2. The highest BCUT2D eigenvalue weighted by atomic mass is 33.1. The first-order valence-electron chi connectivity index (χ1n) is 12.6. The lowest BCUT2D eigenvalue weighted by atomic mass is 10.0. The third-order valence-electron chi connectivity index (χ3n) is 5.35. The van der Waals surface area contributed by atoms with E-state index in [9.17, 15) is 33.4 Å². The molecule has 2 heterocycles. The van der Waals surface area contributed by atoms with E-state index >= 15 is 0 Å². The topological polar surface area (TPSA) is 231 Å². The summed E-state index contributed by atoms with van der Waals surface area (Å²) in [5.41, 5.74) is 1.26. The SMILES string of the molecule is O=C(CCSSc1ccccn1)NCC#CC1=C/C=C([C@H]2CC(O)[C@@H](COP(=O)(O)OP(=O)(O)OP(=O)(O)O)O2)\C=C/C=C1. The van der Waals surface area contributed by atoms with Gasteiger partial charge < -0.3 is 34.7 Å². The minimum Gasteiger partial charge on any atom is -0.390 e. The Balaban J connectivity index is 1.46. The number of nitrogens with zero attached hydrogens (tertiary/aromatic N) is 1. The van der Waals surface area contributed by atoms with Gasteiger partial charge in [-0.3, -0.25) is 9.32 Å². The normalized spacial score (nSPS) is 24.7. The van der Waals surface area contributed by atoms with Gasteiger partial charge in [0, 0.05) is 30.4 Å². The highest BCUT2D eigenvalue weighted by molar-refractivity contribution is 8.76. The number of pyridine rings is 1. The number of rotatable bonds is 14. The molecule has 240 valence electrons. The standard InChI is InChI=1S/C24H29N2O13P3S2/c27-20-16-21(37-22(20)17-36-41(32,33)39-42(34,35)38-40(29,30)31)19-8-2-1-6-18(10-11-19)7-5-14-25-23(28)12-15-43-44-24-9-3-4-13-26-24/h1-4,6,8-11,13,20-22,27H,12,14-17H2,(H,25,28)(H,32,33)(H,34,35)(H2,29,30,31)/b2-1?,6-1?,8-2-,11-10?,18-6?,18-10?,19-8?,19-11+/t20?,21-,22-/m1/s1. The molecule has 1 saturated heterocycles. The van der Waals surface area contributed by atoms with Crippen LogP contribution >= 0.6 is 45.1 Å². The lowest BCUT2D eigenvalue weighted by Crippen LogP contribution is -2.26. The second-order valence-corrected chi connectivity index (χ2v) is 15.6. The van der Waals surface area contributed by atoms with E-state index in [0.717, 1.165) is 5.03 Å². The Morgan fingerprint density at radius 3 is 2.59 bits per heavy atom. The van der Waals surface area contributed by atoms with Gasteiger partial charge >= 0.3 is 23.5 Å². The molecule has 6 N–H and O–H groups in total. The zero-order valence-corrected chi connectivity index (χ0v) is 27.0. The first-order valence-corrected chi connectivity index (χ1v) is 19.4. The van der Waals surface area contributed by atoms with E-state index < -0.39 is 48.4 Å². The first kappa shape index (κ1) is 36.6. The molecule has 5 atom stereocenters. The van der Waals surface area contributed by atoms with Crippen molar-refractivity contribution in [3.8, 4) is 11.8 Å². The highest BCUT2D eigenvalue weighted by Gasteiger charge is 2.42. The molecular weight excluding hydrogens is 681 g/mol. The third-order valence-corrected chi connectivity index (χ3v) is 11.4. The predicted octanol–water partition coefficient (Wildman–Crippen LogP) is 3.17. The molecule has 44 heavy (non-hydrogen) atoms. The molecule has 1 aliphatic heterocycles. The molecule has 1 fully saturated rings. The number of aliphatic hydroxyl groups is 1. The fraction of sp³-hybridized carbons (Fsp3) is 0.333. The summed E-state index contributed by atoms with van der Waals surface area (Å²) in [4.78, 5) is 52.3. The molecule has 3 rings (SSSR count). The highest BCUT2D eigenvalue weighted by Crippen LogP contribution is 2.66. The molecule has 0 aromatic carbocycles. The number of aromatic nitrogens is 1. The number of allylic oxidation sites excluding steroid dienone is 6. The van der Waals surface area contributed by atoms with Crippen LogP contribution in [0.3, 0.4) is 0 Å². The molecule has 15 nitrogen and oxygen atoms in total. The van der Waals surface area contributed by atoms with Gasteiger partial charge in [-0.1, -0.05) is 53.0 Å². The molecule has 3 unspecified atom stereocenters. The van der Waals surface area contributed by atoms with Crippen LogP contribution < -0.4 is 5.32 Å². The van der Waals surface area contributed by atoms with Crippen molar-refractivity contribution in [2.45, 2.75) is 36.2 Å². The molecule has 1 amide bonds. The van der Waals surface area contributed by atoms with Crippen LogP contribution in [0.2, 0.25) is 0 Å². The second-order valence-electron chi connectivity index (χ2n) is 8.76. The average Bonchev–Trinajstić information content (AvgIpc) is 3.27. The number of hydrogen-bond acceptors (Lipinski definition) is 12. The maximum absolute atomic E-state index is 12.1. The number of nitrogens with one attached hydrogen (secondary N) is 1. The monoisotopic (exact) mass is 710 g/mol. The van der Waals surface area contributed by atoms with E-state index in [1.54, 1.807) is 42.7 Å². The van der Waals surface area contributed by atoms with Crippen LogP contribution in [0, 0.1) is 11.8 Å². The van der Waals surface area contributed by atoms with E-state index in [1.165, 1.54) is 21.6 Å². The summed E-state index contributed by atoms with van der Waals surface area (Å²) in [6, 6.07) is 5.63. The molecular formula is C24H29N2O13P3S2. The Bertz CT molecular complexity index is 1490. The van der Waals surface area contributed by atoms with E-state index in [0.29, 0.717) is 23.3 Å². The van der Waals surface area contributed by atoms with Gasteiger partial charge in [0.25, 0.3) is 0 Å². The van der Waals surface area contributed by atoms with Crippen LogP contribution in [-0.2, 0) is 36.4 Å². The van der Waals surface area contributed by atoms with Crippen molar-refractivity contribution in [2.75, 3.05) is 18.9 Å². The van der Waals surface area contributed by atoms with E-state index in [4.69, 9.17) is 14.5 Å². The first-order chi connectivity index (χ1) is 20.7. The molecule has 1 aromatic rings. The Morgan fingerprint density at radius 2 is 1.86 bits per heavy atom. The summed E-state index contributed by atoms with van der Waals surface area (Å²) < 4.78 is 51.8. The third kappa shape index (κ3) is 14.1. The number of aliphatic hydroxyl groups excluding tert-OH is 1. The van der Waals surface area contributed by atoms with Crippen molar-refractivity contribution >= 4 is 51.0 Å². The van der Waals surface area contributed by atoms with E-state index in [1.807, 2.05) is 18.2 Å². The molecule has 0 spiro atoms. The molecule has 1 aromatic heterocycles. The van der Waals surface area contributed by atoms with Gasteiger partial charge in [-0.2, -0.15) is 8.62 Å². The summed E-state index contributed by atoms with van der Waals surface area (Å²) in [6.45, 7) is -0.609. The Kier molecular flexibility index (Phi) is 14.3.